The molecule has 2 aromatic rings. The van der Waals surface area contributed by atoms with Gasteiger partial charge in [-0.2, -0.15) is 0 Å². The maximum absolute atomic E-state index is 12.1. The van der Waals surface area contributed by atoms with Gasteiger partial charge in [0.25, 0.3) is 5.91 Å². The molecule has 0 fully saturated rings. The van der Waals surface area contributed by atoms with Gasteiger partial charge in [-0.1, -0.05) is 6.07 Å². The summed E-state index contributed by atoms with van der Waals surface area (Å²) in [5.74, 6) is 1.10. The summed E-state index contributed by atoms with van der Waals surface area (Å²) in [6.07, 6.45) is 0. The number of nitrogens with one attached hydrogen (secondary N) is 2. The first-order chi connectivity index (χ1) is 10.6. The van der Waals surface area contributed by atoms with Crippen LogP contribution in [0.25, 0.3) is 0 Å². The van der Waals surface area contributed by atoms with Crippen molar-refractivity contribution in [3.8, 4) is 11.5 Å². The number of carbonyl (C=O) groups excluding carboxylic acids is 1. The quantitative estimate of drug-likeness (QED) is 0.850. The Morgan fingerprint density at radius 2 is 1.68 bits per heavy atom. The van der Waals surface area contributed by atoms with Crippen molar-refractivity contribution in [3.05, 3.63) is 54.1 Å². The minimum atomic E-state index is -0.289. The molecule has 114 valence electrons. The van der Waals surface area contributed by atoms with E-state index in [0.29, 0.717) is 17.1 Å². The first-order valence-corrected chi connectivity index (χ1v) is 6.93. The molecule has 0 bridgehead atoms. The van der Waals surface area contributed by atoms with Crippen LogP contribution in [0.3, 0.4) is 0 Å². The zero-order valence-electron chi connectivity index (χ0n) is 12.3. The van der Waals surface area contributed by atoms with Crippen molar-refractivity contribution in [3.63, 3.8) is 0 Å². The molecule has 0 aliphatic rings. The predicted molar refractivity (Wildman–Crippen MR) is 89.7 cm³/mol. The lowest BCUT2D eigenvalue weighted by atomic mass is 10.2. The highest BCUT2D eigenvalue weighted by Crippen LogP contribution is 2.16. The summed E-state index contributed by atoms with van der Waals surface area (Å²) in [7, 11) is 3.16. The van der Waals surface area contributed by atoms with Crippen molar-refractivity contribution in [1.29, 1.82) is 0 Å². The lowest BCUT2D eigenvalue weighted by Crippen LogP contribution is -2.34. The number of amides is 1. The lowest BCUT2D eigenvalue weighted by molar-refractivity contribution is 0.0977. The van der Waals surface area contributed by atoms with Gasteiger partial charge in [0.2, 0.25) is 0 Å². The standard InChI is InChI=1S/C16H16N2O3S/c1-20-13-8-6-11(7-9-13)15(19)18-16(22)17-12-4-3-5-14(10-12)21-2/h3-10H,1-2H3,(H2,17,18,19,22). The summed E-state index contributed by atoms with van der Waals surface area (Å²) in [5.41, 5.74) is 1.23. The van der Waals surface area contributed by atoms with Crippen molar-refractivity contribution in [2.75, 3.05) is 19.5 Å². The molecule has 0 radical (unpaired) electrons. The molecule has 0 aromatic heterocycles. The molecule has 0 unspecified atom stereocenters. The maximum Gasteiger partial charge on any atom is 0.257 e. The molecule has 5 nitrogen and oxygen atoms in total. The normalized spacial score (nSPS) is 9.73. The summed E-state index contributed by atoms with van der Waals surface area (Å²) in [6.45, 7) is 0. The fourth-order valence-electron chi connectivity index (χ4n) is 1.78. The second kappa shape index (κ2) is 7.42. The van der Waals surface area contributed by atoms with Crippen LogP contribution in [0, 0.1) is 0 Å². The number of benzene rings is 2. The molecule has 0 atom stereocenters. The van der Waals surface area contributed by atoms with E-state index in [1.165, 1.54) is 0 Å². The van der Waals surface area contributed by atoms with E-state index in [9.17, 15) is 4.79 Å². The van der Waals surface area contributed by atoms with Gasteiger partial charge in [0.15, 0.2) is 5.11 Å². The maximum atomic E-state index is 12.1. The smallest absolute Gasteiger partial charge is 0.257 e. The third-order valence-electron chi connectivity index (χ3n) is 2.91. The molecule has 2 N–H and O–H groups in total. The van der Waals surface area contributed by atoms with Crippen LogP contribution >= 0.6 is 12.2 Å². The van der Waals surface area contributed by atoms with Crippen LogP contribution in [-0.2, 0) is 0 Å². The molecular weight excluding hydrogens is 300 g/mol. The minimum absolute atomic E-state index is 0.217. The number of ether oxygens (including phenoxy) is 2. The van der Waals surface area contributed by atoms with Gasteiger partial charge in [-0.05, 0) is 48.6 Å². The van der Waals surface area contributed by atoms with E-state index in [2.05, 4.69) is 10.6 Å². The monoisotopic (exact) mass is 316 g/mol. The van der Waals surface area contributed by atoms with Crippen molar-refractivity contribution in [2.45, 2.75) is 0 Å². The summed E-state index contributed by atoms with van der Waals surface area (Å²) >= 11 is 5.13. The summed E-state index contributed by atoms with van der Waals surface area (Å²) < 4.78 is 10.2. The van der Waals surface area contributed by atoms with Gasteiger partial charge in [-0.3, -0.25) is 10.1 Å². The highest BCUT2D eigenvalue weighted by molar-refractivity contribution is 7.80. The Hall–Kier alpha value is -2.60. The van der Waals surface area contributed by atoms with Gasteiger partial charge in [-0.15, -0.1) is 0 Å². The molecule has 0 saturated heterocycles. The Labute approximate surface area is 134 Å². The Morgan fingerprint density at radius 1 is 1.00 bits per heavy atom. The molecule has 6 heteroatoms. The van der Waals surface area contributed by atoms with Crippen LogP contribution in [0.15, 0.2) is 48.5 Å². The second-order valence-electron chi connectivity index (χ2n) is 4.37. The van der Waals surface area contributed by atoms with Crippen LogP contribution in [0.1, 0.15) is 10.4 Å². The van der Waals surface area contributed by atoms with E-state index in [1.54, 1.807) is 44.6 Å². The predicted octanol–water partition coefficient (Wildman–Crippen LogP) is 2.83. The molecule has 0 saturated carbocycles. The van der Waals surface area contributed by atoms with Crippen LogP contribution in [0.2, 0.25) is 0 Å². The van der Waals surface area contributed by atoms with Crippen LogP contribution in [-0.4, -0.2) is 25.2 Å². The van der Waals surface area contributed by atoms with Gasteiger partial charge in [-0.25, -0.2) is 0 Å². The number of methoxy groups -OCH3 is 2. The Bertz CT molecular complexity index is 671. The van der Waals surface area contributed by atoms with Crippen molar-refractivity contribution in [2.24, 2.45) is 0 Å². The summed E-state index contributed by atoms with van der Waals surface area (Å²) in [4.78, 5) is 12.1. The molecule has 22 heavy (non-hydrogen) atoms. The number of hydrogen-bond donors (Lipinski definition) is 2. The lowest BCUT2D eigenvalue weighted by Gasteiger charge is -2.10. The highest BCUT2D eigenvalue weighted by atomic mass is 32.1. The second-order valence-corrected chi connectivity index (χ2v) is 4.78. The number of carbonyl (C=O) groups is 1. The van der Waals surface area contributed by atoms with Gasteiger partial charge < -0.3 is 14.8 Å². The van der Waals surface area contributed by atoms with E-state index in [1.807, 2.05) is 18.2 Å². The third kappa shape index (κ3) is 4.20. The molecule has 1 amide bonds. The topological polar surface area (TPSA) is 59.6 Å². The average molecular weight is 316 g/mol. The fraction of sp³-hybridized carbons (Fsp3) is 0.125. The first kappa shape index (κ1) is 15.8. The van der Waals surface area contributed by atoms with Crippen molar-refractivity contribution >= 4 is 28.9 Å². The van der Waals surface area contributed by atoms with Gasteiger partial charge >= 0.3 is 0 Å². The minimum Gasteiger partial charge on any atom is -0.497 e. The van der Waals surface area contributed by atoms with Crippen LogP contribution in [0.4, 0.5) is 5.69 Å². The van der Waals surface area contributed by atoms with E-state index in [0.717, 1.165) is 5.69 Å². The fourth-order valence-corrected chi connectivity index (χ4v) is 1.99. The summed E-state index contributed by atoms with van der Waals surface area (Å²) in [6, 6.07) is 14.0. The third-order valence-corrected chi connectivity index (χ3v) is 3.11. The summed E-state index contributed by atoms with van der Waals surface area (Å²) in [5, 5.41) is 5.77. The molecule has 2 aromatic carbocycles. The van der Waals surface area contributed by atoms with Gasteiger partial charge in [0.05, 0.1) is 14.2 Å². The van der Waals surface area contributed by atoms with Crippen LogP contribution < -0.4 is 20.1 Å². The van der Waals surface area contributed by atoms with Gasteiger partial charge in [0.1, 0.15) is 11.5 Å². The molecule has 0 heterocycles. The first-order valence-electron chi connectivity index (χ1n) is 6.53. The molecule has 0 aliphatic heterocycles. The van der Waals surface area contributed by atoms with E-state index in [4.69, 9.17) is 21.7 Å². The largest absolute Gasteiger partial charge is 0.497 e. The number of anilines is 1. The molecule has 0 aliphatic carbocycles. The Balaban J connectivity index is 1.96. The zero-order chi connectivity index (χ0) is 15.9. The van der Waals surface area contributed by atoms with Crippen LogP contribution in [0.5, 0.6) is 11.5 Å². The molecule has 2 rings (SSSR count). The van der Waals surface area contributed by atoms with E-state index >= 15 is 0 Å². The van der Waals surface area contributed by atoms with E-state index < -0.39 is 0 Å². The van der Waals surface area contributed by atoms with Crippen molar-refractivity contribution in [1.82, 2.24) is 5.32 Å². The Morgan fingerprint density at radius 3 is 2.32 bits per heavy atom. The zero-order valence-corrected chi connectivity index (χ0v) is 13.1. The number of rotatable bonds is 4. The average Bonchev–Trinajstić information content (AvgIpc) is 2.55. The van der Waals surface area contributed by atoms with Gasteiger partial charge in [0, 0.05) is 17.3 Å². The number of hydrogen-bond acceptors (Lipinski definition) is 4. The van der Waals surface area contributed by atoms with E-state index in [-0.39, 0.29) is 11.0 Å². The molecular formula is C16H16N2O3S. The number of thiocarbonyl (C=S) groups is 1. The highest BCUT2D eigenvalue weighted by Gasteiger charge is 2.08. The SMILES string of the molecule is COc1ccc(C(=O)NC(=S)Nc2cccc(OC)c2)cc1. The Kier molecular flexibility index (Phi) is 5.32. The van der Waals surface area contributed by atoms with Crippen molar-refractivity contribution < 1.29 is 14.3 Å². The molecule has 0 spiro atoms.